The van der Waals surface area contributed by atoms with Crippen LogP contribution in [-0.4, -0.2) is 21.2 Å². The van der Waals surface area contributed by atoms with E-state index in [0.29, 0.717) is 10.6 Å². The van der Waals surface area contributed by atoms with Gasteiger partial charge in [0.05, 0.1) is 6.54 Å². The fourth-order valence-electron chi connectivity index (χ4n) is 1.66. The molecule has 0 atom stereocenters. The lowest BCUT2D eigenvalue weighted by atomic mass is 10.1. The maximum Gasteiger partial charge on any atom is 0.277 e. The number of pyridine rings is 1. The molecule has 4 nitrogen and oxygen atoms in total. The van der Waals surface area contributed by atoms with Gasteiger partial charge in [-0.05, 0) is 36.8 Å². The summed E-state index contributed by atoms with van der Waals surface area (Å²) in [5, 5.41) is 10.5. The Bertz CT molecular complexity index is 541. The van der Waals surface area contributed by atoms with Crippen molar-refractivity contribution in [3.8, 4) is 0 Å². The van der Waals surface area contributed by atoms with E-state index in [9.17, 15) is 10.0 Å². The molecule has 2 rings (SSSR count). The summed E-state index contributed by atoms with van der Waals surface area (Å²) in [6.45, 7) is 2.05. The van der Waals surface area contributed by atoms with Crippen LogP contribution in [0.5, 0.6) is 0 Å². The first kappa shape index (κ1) is 12.3. The second-order valence-corrected chi connectivity index (χ2v) is 4.09. The highest BCUT2D eigenvalue weighted by Crippen LogP contribution is 2.09. The summed E-state index contributed by atoms with van der Waals surface area (Å²) in [6.07, 6.45) is 3.25. The molecule has 1 aromatic heterocycles. The third kappa shape index (κ3) is 2.93. The van der Waals surface area contributed by atoms with E-state index in [-0.39, 0.29) is 6.54 Å². The Labute approximate surface area is 105 Å². The first-order chi connectivity index (χ1) is 8.66. The van der Waals surface area contributed by atoms with Crippen LogP contribution in [0.2, 0.25) is 0 Å². The third-order valence-electron chi connectivity index (χ3n) is 2.58. The highest BCUT2D eigenvalue weighted by atomic mass is 16.5. The van der Waals surface area contributed by atoms with Crippen LogP contribution in [0, 0.1) is 6.92 Å². The van der Waals surface area contributed by atoms with E-state index in [1.807, 2.05) is 13.0 Å². The van der Waals surface area contributed by atoms with Gasteiger partial charge in [-0.25, -0.2) is 5.06 Å². The smallest absolute Gasteiger partial charge is 0.277 e. The van der Waals surface area contributed by atoms with E-state index >= 15 is 0 Å². The summed E-state index contributed by atoms with van der Waals surface area (Å²) in [4.78, 5) is 15.8. The molecule has 0 bridgehead atoms. The minimum absolute atomic E-state index is 0.148. The van der Waals surface area contributed by atoms with Crippen LogP contribution in [-0.2, 0) is 6.54 Å². The van der Waals surface area contributed by atoms with Crippen molar-refractivity contribution >= 4 is 5.91 Å². The molecule has 0 aliphatic rings. The van der Waals surface area contributed by atoms with Crippen LogP contribution >= 0.6 is 0 Å². The molecule has 0 radical (unpaired) electrons. The summed E-state index contributed by atoms with van der Waals surface area (Å²) in [5.41, 5.74) is 2.29. The van der Waals surface area contributed by atoms with E-state index in [2.05, 4.69) is 4.98 Å². The molecule has 0 spiro atoms. The largest absolute Gasteiger partial charge is 0.285 e. The SMILES string of the molecule is Cc1cccc(C(=O)N(O)Cc2ccncc2)c1. The number of carbonyl (C=O) groups excluding carboxylic acids is 1. The van der Waals surface area contributed by atoms with E-state index in [1.165, 1.54) is 0 Å². The molecule has 92 valence electrons. The van der Waals surface area contributed by atoms with Crippen molar-refractivity contribution in [1.29, 1.82) is 0 Å². The van der Waals surface area contributed by atoms with E-state index < -0.39 is 5.91 Å². The Hall–Kier alpha value is -2.20. The average Bonchev–Trinajstić information content (AvgIpc) is 2.39. The Kier molecular flexibility index (Phi) is 3.69. The molecule has 1 N–H and O–H groups in total. The van der Waals surface area contributed by atoms with Gasteiger partial charge in [0.2, 0.25) is 0 Å². The molecule has 0 unspecified atom stereocenters. The Morgan fingerprint density at radius 2 is 2.00 bits per heavy atom. The summed E-state index contributed by atoms with van der Waals surface area (Å²) in [5.74, 6) is -0.407. The van der Waals surface area contributed by atoms with Gasteiger partial charge in [-0.15, -0.1) is 0 Å². The van der Waals surface area contributed by atoms with Crippen molar-refractivity contribution < 1.29 is 10.0 Å². The topological polar surface area (TPSA) is 53.4 Å². The number of aromatic nitrogens is 1. The number of amides is 1. The maximum atomic E-state index is 12.0. The van der Waals surface area contributed by atoms with Crippen LogP contribution < -0.4 is 0 Å². The van der Waals surface area contributed by atoms with Gasteiger partial charge in [-0.1, -0.05) is 17.7 Å². The monoisotopic (exact) mass is 242 g/mol. The molecule has 1 aromatic carbocycles. The van der Waals surface area contributed by atoms with Gasteiger partial charge in [0.15, 0.2) is 0 Å². The number of hydrogen-bond donors (Lipinski definition) is 1. The van der Waals surface area contributed by atoms with E-state index in [0.717, 1.165) is 11.1 Å². The lowest BCUT2D eigenvalue weighted by molar-refractivity contribution is -0.0648. The summed E-state index contributed by atoms with van der Waals surface area (Å²) in [7, 11) is 0. The molecule has 2 aromatic rings. The Morgan fingerprint density at radius 3 is 2.67 bits per heavy atom. The minimum atomic E-state index is -0.407. The van der Waals surface area contributed by atoms with Gasteiger partial charge in [0.25, 0.3) is 5.91 Å². The molecule has 0 aliphatic heterocycles. The number of aryl methyl sites for hydroxylation is 1. The van der Waals surface area contributed by atoms with Crippen LogP contribution in [0.25, 0.3) is 0 Å². The number of benzene rings is 1. The number of rotatable bonds is 3. The molecule has 4 heteroatoms. The van der Waals surface area contributed by atoms with Crippen molar-refractivity contribution in [1.82, 2.24) is 10.0 Å². The third-order valence-corrected chi connectivity index (χ3v) is 2.58. The highest BCUT2D eigenvalue weighted by Gasteiger charge is 2.13. The lowest BCUT2D eigenvalue weighted by Crippen LogP contribution is -2.26. The maximum absolute atomic E-state index is 12.0. The molecular weight excluding hydrogens is 228 g/mol. The molecule has 1 amide bonds. The van der Waals surface area contributed by atoms with Gasteiger partial charge in [0, 0.05) is 18.0 Å². The first-order valence-electron chi connectivity index (χ1n) is 5.63. The van der Waals surface area contributed by atoms with Gasteiger partial charge in [-0.2, -0.15) is 0 Å². The van der Waals surface area contributed by atoms with Crippen LogP contribution in [0.15, 0.2) is 48.8 Å². The fourth-order valence-corrected chi connectivity index (χ4v) is 1.66. The highest BCUT2D eigenvalue weighted by molar-refractivity contribution is 5.93. The van der Waals surface area contributed by atoms with E-state index in [1.54, 1.807) is 42.7 Å². The predicted molar refractivity (Wildman–Crippen MR) is 67.1 cm³/mol. The van der Waals surface area contributed by atoms with Gasteiger partial charge >= 0.3 is 0 Å². The number of nitrogens with zero attached hydrogens (tertiary/aromatic N) is 2. The zero-order valence-electron chi connectivity index (χ0n) is 10.1. The fraction of sp³-hybridized carbons (Fsp3) is 0.143. The molecule has 0 fully saturated rings. The molecule has 0 saturated heterocycles. The van der Waals surface area contributed by atoms with Gasteiger partial charge in [-0.3, -0.25) is 15.0 Å². The summed E-state index contributed by atoms with van der Waals surface area (Å²) in [6, 6.07) is 10.6. The molecular formula is C14H14N2O2. The number of hydroxylamine groups is 2. The lowest BCUT2D eigenvalue weighted by Gasteiger charge is -2.15. The molecule has 0 saturated carbocycles. The van der Waals surface area contributed by atoms with Crippen LogP contribution in [0.3, 0.4) is 0 Å². The normalized spacial score (nSPS) is 10.1. The Morgan fingerprint density at radius 1 is 1.28 bits per heavy atom. The molecule has 18 heavy (non-hydrogen) atoms. The average molecular weight is 242 g/mol. The van der Waals surface area contributed by atoms with Crippen molar-refractivity contribution in [2.75, 3.05) is 0 Å². The van der Waals surface area contributed by atoms with Crippen molar-refractivity contribution in [3.63, 3.8) is 0 Å². The van der Waals surface area contributed by atoms with Crippen molar-refractivity contribution in [2.24, 2.45) is 0 Å². The van der Waals surface area contributed by atoms with E-state index in [4.69, 9.17) is 0 Å². The quantitative estimate of drug-likeness (QED) is 0.664. The molecule has 0 aliphatic carbocycles. The predicted octanol–water partition coefficient (Wildman–Crippen LogP) is 2.42. The Balaban J connectivity index is 2.10. The van der Waals surface area contributed by atoms with Crippen molar-refractivity contribution in [3.05, 3.63) is 65.5 Å². The zero-order chi connectivity index (χ0) is 13.0. The second kappa shape index (κ2) is 5.42. The minimum Gasteiger partial charge on any atom is -0.285 e. The zero-order valence-corrected chi connectivity index (χ0v) is 10.1. The van der Waals surface area contributed by atoms with Crippen LogP contribution in [0.1, 0.15) is 21.5 Å². The summed E-state index contributed by atoms with van der Waals surface area (Å²) >= 11 is 0. The second-order valence-electron chi connectivity index (χ2n) is 4.09. The first-order valence-corrected chi connectivity index (χ1v) is 5.63. The van der Waals surface area contributed by atoms with Crippen LogP contribution in [0.4, 0.5) is 0 Å². The summed E-state index contributed by atoms with van der Waals surface area (Å²) < 4.78 is 0. The van der Waals surface area contributed by atoms with Crippen molar-refractivity contribution in [2.45, 2.75) is 13.5 Å². The standard InChI is InChI=1S/C14H14N2O2/c1-11-3-2-4-13(9-11)14(17)16(18)10-12-5-7-15-8-6-12/h2-9,18H,10H2,1H3. The molecule has 1 heterocycles. The number of hydrogen-bond acceptors (Lipinski definition) is 3. The van der Waals surface area contributed by atoms with Gasteiger partial charge < -0.3 is 0 Å². The number of carbonyl (C=O) groups is 1. The van der Waals surface area contributed by atoms with Gasteiger partial charge in [0.1, 0.15) is 0 Å².